The lowest BCUT2D eigenvalue weighted by molar-refractivity contribution is -0.134. The first kappa shape index (κ1) is 38.9. The number of H-pyrrole nitrogens is 1. The van der Waals surface area contributed by atoms with Crippen molar-refractivity contribution in [2.75, 3.05) is 70.5 Å². The van der Waals surface area contributed by atoms with Crippen LogP contribution in [0.2, 0.25) is 0 Å². The average Bonchev–Trinajstić information content (AvgIpc) is 3.74. The number of aliphatic hydroxyl groups is 1. The standard InChI is InChI=1S/C43H56N6O6/c50-37-13-11-35(36-12-14-40(52)46-42(36)37)38(51)29-44-20-23-49(34-8-1-2-9-34)41(53)16-26-54-25-15-32-6-5-7-33(28-32)30-47-21-17-43(18-22-47)31-48(24-27-55-43)39-10-3-4-19-45-39/h3-7,10-14,19,28,34,38,44,50-51H,1-2,8-9,15-18,20-27,29-31H2,(H,46,52). The summed E-state index contributed by atoms with van der Waals surface area (Å²) in [5.41, 5.74) is 3.06. The maximum atomic E-state index is 13.4. The minimum absolute atomic E-state index is 0.0391. The lowest BCUT2D eigenvalue weighted by atomic mass is 9.89. The Morgan fingerprint density at radius 1 is 1.04 bits per heavy atom. The van der Waals surface area contributed by atoms with E-state index in [1.165, 1.54) is 23.3 Å². The van der Waals surface area contributed by atoms with E-state index in [4.69, 9.17) is 9.47 Å². The fourth-order valence-corrected chi connectivity index (χ4v) is 8.56. The van der Waals surface area contributed by atoms with Crippen molar-refractivity contribution in [3.05, 3.63) is 100.0 Å². The Morgan fingerprint density at radius 2 is 1.87 bits per heavy atom. The minimum Gasteiger partial charge on any atom is -0.506 e. The molecule has 0 bridgehead atoms. The first-order chi connectivity index (χ1) is 26.9. The number of amides is 1. The number of anilines is 1. The normalized spacial score (nSPS) is 18.2. The number of phenols is 1. The molecule has 2 aliphatic heterocycles. The third-order valence-electron chi connectivity index (χ3n) is 11.6. The van der Waals surface area contributed by atoms with Crippen LogP contribution in [0.1, 0.15) is 67.7 Å². The van der Waals surface area contributed by atoms with Crippen LogP contribution in [0.15, 0.2) is 77.7 Å². The third kappa shape index (κ3) is 10.1. The fourth-order valence-electron chi connectivity index (χ4n) is 8.56. The predicted molar refractivity (Wildman–Crippen MR) is 213 cm³/mol. The number of nitrogens with one attached hydrogen (secondary N) is 2. The molecular weight excluding hydrogens is 697 g/mol. The van der Waals surface area contributed by atoms with Crippen molar-refractivity contribution in [3.63, 3.8) is 0 Å². The maximum Gasteiger partial charge on any atom is 0.248 e. The molecule has 2 saturated heterocycles. The van der Waals surface area contributed by atoms with E-state index in [0.717, 1.165) is 90.1 Å². The number of rotatable bonds is 16. The first-order valence-electron chi connectivity index (χ1n) is 20.1. The topological polar surface area (TPSA) is 143 Å². The predicted octanol–water partition coefficient (Wildman–Crippen LogP) is 4.54. The highest BCUT2D eigenvalue weighted by molar-refractivity contribution is 5.87. The molecule has 4 aromatic rings. The number of aromatic amines is 1. The Kier molecular flexibility index (Phi) is 13.1. The largest absolute Gasteiger partial charge is 0.506 e. The highest BCUT2D eigenvalue weighted by atomic mass is 16.5. The Bertz CT molecular complexity index is 1910. The van der Waals surface area contributed by atoms with Crippen molar-refractivity contribution in [1.82, 2.24) is 25.1 Å². The summed E-state index contributed by atoms with van der Waals surface area (Å²) in [6.07, 6.45) is 8.48. The number of benzene rings is 2. The molecule has 1 amide bonds. The molecule has 4 heterocycles. The lowest BCUT2D eigenvalue weighted by Gasteiger charge is -2.47. The number of fused-ring (bicyclic) bond motifs is 1. The number of likely N-dealkylation sites (tertiary alicyclic amines) is 1. The van der Waals surface area contributed by atoms with E-state index in [9.17, 15) is 19.8 Å². The van der Waals surface area contributed by atoms with E-state index >= 15 is 0 Å². The van der Waals surface area contributed by atoms with E-state index in [-0.39, 0.29) is 35.4 Å². The van der Waals surface area contributed by atoms with Gasteiger partial charge in [0.1, 0.15) is 11.6 Å². The van der Waals surface area contributed by atoms with Crippen molar-refractivity contribution in [2.24, 2.45) is 0 Å². The summed E-state index contributed by atoms with van der Waals surface area (Å²) in [5, 5.41) is 25.0. The second kappa shape index (κ2) is 18.5. The fraction of sp³-hybridized carbons (Fsp3) is 0.512. The number of hydrogen-bond acceptors (Lipinski definition) is 10. The van der Waals surface area contributed by atoms with Gasteiger partial charge < -0.3 is 39.8 Å². The zero-order valence-corrected chi connectivity index (χ0v) is 31.8. The van der Waals surface area contributed by atoms with Gasteiger partial charge in [-0.2, -0.15) is 0 Å². The van der Waals surface area contributed by atoms with Gasteiger partial charge in [0.05, 0.1) is 43.5 Å². The van der Waals surface area contributed by atoms with Gasteiger partial charge in [-0.3, -0.25) is 14.5 Å². The molecular formula is C43H56N6O6. The molecule has 1 aliphatic carbocycles. The quantitative estimate of drug-likeness (QED) is 0.121. The molecule has 3 aliphatic rings. The summed E-state index contributed by atoms with van der Waals surface area (Å²) in [6.45, 7) is 7.78. The molecule has 12 heteroatoms. The van der Waals surface area contributed by atoms with Gasteiger partial charge in [0, 0.05) is 76.0 Å². The van der Waals surface area contributed by atoms with Crippen LogP contribution in [0.5, 0.6) is 5.75 Å². The van der Waals surface area contributed by atoms with Crippen LogP contribution in [-0.2, 0) is 27.2 Å². The molecule has 12 nitrogen and oxygen atoms in total. The zero-order valence-electron chi connectivity index (χ0n) is 31.8. The molecule has 2 aromatic carbocycles. The number of pyridine rings is 2. The van der Waals surface area contributed by atoms with Gasteiger partial charge in [0.25, 0.3) is 0 Å². The van der Waals surface area contributed by atoms with Crippen molar-refractivity contribution in [1.29, 1.82) is 0 Å². The number of piperidine rings is 1. The van der Waals surface area contributed by atoms with Gasteiger partial charge in [0.2, 0.25) is 11.5 Å². The highest BCUT2D eigenvalue weighted by Crippen LogP contribution is 2.33. The van der Waals surface area contributed by atoms with Gasteiger partial charge in [-0.25, -0.2) is 4.98 Å². The SMILES string of the molecule is O=C(CCOCCc1cccc(CN2CCC3(CC2)CN(c2ccccn2)CCO3)c1)N(CCNCC(O)c1ccc(O)c2[nH]c(=O)ccc12)C1CCCC1. The number of nitrogens with zero attached hydrogens (tertiary/aromatic N) is 4. The Balaban J connectivity index is 0.818. The van der Waals surface area contributed by atoms with Crippen LogP contribution in [-0.4, -0.2) is 113 Å². The Morgan fingerprint density at radius 3 is 2.69 bits per heavy atom. The zero-order chi connectivity index (χ0) is 38.0. The van der Waals surface area contributed by atoms with Crippen molar-refractivity contribution in [3.8, 4) is 5.75 Å². The molecule has 1 spiro atoms. The summed E-state index contributed by atoms with van der Waals surface area (Å²) in [4.78, 5) is 39.3. The third-order valence-corrected chi connectivity index (χ3v) is 11.6. The molecule has 55 heavy (non-hydrogen) atoms. The van der Waals surface area contributed by atoms with Gasteiger partial charge >= 0.3 is 0 Å². The van der Waals surface area contributed by atoms with Crippen LogP contribution in [0.25, 0.3) is 10.9 Å². The summed E-state index contributed by atoms with van der Waals surface area (Å²) in [6, 6.07) is 21.3. The molecule has 1 unspecified atom stereocenters. The lowest BCUT2D eigenvalue weighted by Crippen LogP contribution is -2.57. The second-order valence-electron chi connectivity index (χ2n) is 15.4. The number of aliphatic hydroxyl groups excluding tert-OH is 1. The molecule has 294 valence electrons. The first-order valence-corrected chi connectivity index (χ1v) is 20.1. The van der Waals surface area contributed by atoms with E-state index in [2.05, 4.69) is 55.4 Å². The van der Waals surface area contributed by atoms with Crippen LogP contribution in [0.4, 0.5) is 5.82 Å². The number of phenolic OH excluding ortho intramolecular Hbond substituents is 1. The van der Waals surface area contributed by atoms with Crippen LogP contribution in [0.3, 0.4) is 0 Å². The molecule has 1 saturated carbocycles. The summed E-state index contributed by atoms with van der Waals surface area (Å²) in [5.74, 6) is 1.10. The summed E-state index contributed by atoms with van der Waals surface area (Å²) >= 11 is 0. The van der Waals surface area contributed by atoms with E-state index in [1.54, 1.807) is 12.1 Å². The highest BCUT2D eigenvalue weighted by Gasteiger charge is 2.40. The summed E-state index contributed by atoms with van der Waals surface area (Å²) < 4.78 is 12.4. The number of carbonyl (C=O) groups excluding carboxylic acids is 1. The molecule has 3 fully saturated rings. The van der Waals surface area contributed by atoms with Crippen molar-refractivity contribution >= 4 is 22.6 Å². The number of aromatic nitrogens is 2. The molecule has 7 rings (SSSR count). The van der Waals surface area contributed by atoms with Crippen LogP contribution < -0.4 is 15.8 Å². The van der Waals surface area contributed by atoms with Crippen LogP contribution in [0, 0.1) is 0 Å². The monoisotopic (exact) mass is 752 g/mol. The molecule has 0 radical (unpaired) electrons. The van der Waals surface area contributed by atoms with Crippen LogP contribution >= 0.6 is 0 Å². The van der Waals surface area contributed by atoms with Gasteiger partial charge in [-0.15, -0.1) is 0 Å². The van der Waals surface area contributed by atoms with Gasteiger partial charge in [0.15, 0.2) is 0 Å². The van der Waals surface area contributed by atoms with E-state index in [1.807, 2.05) is 23.2 Å². The van der Waals surface area contributed by atoms with Gasteiger partial charge in [-0.1, -0.05) is 49.2 Å². The van der Waals surface area contributed by atoms with Crippen molar-refractivity contribution in [2.45, 2.75) is 75.7 Å². The second-order valence-corrected chi connectivity index (χ2v) is 15.4. The van der Waals surface area contributed by atoms with E-state index in [0.29, 0.717) is 49.2 Å². The van der Waals surface area contributed by atoms with Gasteiger partial charge in [-0.05, 0) is 73.1 Å². The number of aromatic hydroxyl groups is 1. The number of carbonyl (C=O) groups is 1. The Labute approximate surface area is 323 Å². The molecule has 4 N–H and O–H groups in total. The average molecular weight is 753 g/mol. The van der Waals surface area contributed by atoms with E-state index < -0.39 is 6.10 Å². The van der Waals surface area contributed by atoms with Crippen molar-refractivity contribution < 1.29 is 24.5 Å². The maximum absolute atomic E-state index is 13.4. The Hall–Kier alpha value is -4.33. The smallest absolute Gasteiger partial charge is 0.248 e. The summed E-state index contributed by atoms with van der Waals surface area (Å²) in [7, 11) is 0. The minimum atomic E-state index is -0.849. The number of ether oxygens (including phenoxy) is 2. The number of morpholine rings is 1. The molecule has 2 aromatic heterocycles. The molecule has 1 atom stereocenters. The number of hydrogen-bond donors (Lipinski definition) is 4.